The van der Waals surface area contributed by atoms with Gasteiger partial charge in [0.15, 0.2) is 0 Å². The molecule has 9 heteroatoms. The molecule has 1 heterocycles. The molecule has 1 amide bonds. The van der Waals surface area contributed by atoms with Crippen molar-refractivity contribution in [3.05, 3.63) is 105 Å². The predicted molar refractivity (Wildman–Crippen MR) is 122 cm³/mol. The molecule has 1 aliphatic heterocycles. The van der Waals surface area contributed by atoms with Crippen molar-refractivity contribution in [2.45, 2.75) is 6.04 Å². The molecular formula is C24H17ClN2O6. The number of hydrogen-bond acceptors (Lipinski definition) is 6. The summed E-state index contributed by atoms with van der Waals surface area (Å²) < 4.78 is 5.16. The number of hydrogen-bond donors (Lipinski definition) is 1. The van der Waals surface area contributed by atoms with Gasteiger partial charge >= 0.3 is 0 Å². The number of anilines is 1. The lowest BCUT2D eigenvalue weighted by molar-refractivity contribution is -0.384. The average Bonchev–Trinajstić information content (AvgIpc) is 3.09. The highest BCUT2D eigenvalue weighted by atomic mass is 35.5. The number of ketones is 1. The smallest absolute Gasteiger partial charge is 0.300 e. The lowest BCUT2D eigenvalue weighted by Gasteiger charge is -2.25. The number of benzene rings is 3. The van der Waals surface area contributed by atoms with Crippen LogP contribution >= 0.6 is 11.6 Å². The molecule has 3 aromatic rings. The highest BCUT2D eigenvalue weighted by Gasteiger charge is 2.47. The standard InChI is InChI=1S/C24H17ClN2O6/c1-33-19-12-10-17(11-13-19)26-21(14-4-8-18(9-5-14)27(31)32)20(23(29)24(26)30)22(28)15-2-6-16(25)7-3-15/h2-13,21,28H,1H3/b22-20+/t21-/m0/s1. The second kappa shape index (κ2) is 8.76. The molecule has 4 rings (SSSR count). The van der Waals surface area contributed by atoms with Gasteiger partial charge in [0.1, 0.15) is 11.5 Å². The van der Waals surface area contributed by atoms with Crippen molar-refractivity contribution in [1.82, 2.24) is 0 Å². The van der Waals surface area contributed by atoms with Crippen molar-refractivity contribution in [3.8, 4) is 5.75 Å². The summed E-state index contributed by atoms with van der Waals surface area (Å²) in [5.74, 6) is -1.52. The van der Waals surface area contributed by atoms with E-state index >= 15 is 0 Å². The van der Waals surface area contributed by atoms with Crippen molar-refractivity contribution in [2.24, 2.45) is 0 Å². The Morgan fingerprint density at radius 2 is 1.61 bits per heavy atom. The minimum atomic E-state index is -1.00. The summed E-state index contributed by atoms with van der Waals surface area (Å²) in [4.78, 5) is 38.0. The van der Waals surface area contributed by atoms with Crippen molar-refractivity contribution in [1.29, 1.82) is 0 Å². The van der Waals surface area contributed by atoms with Gasteiger partial charge in [-0.05, 0) is 66.2 Å². The Kier molecular flexibility index (Phi) is 5.85. The number of carbonyl (C=O) groups is 2. The molecule has 1 N–H and O–H groups in total. The molecular weight excluding hydrogens is 448 g/mol. The first kappa shape index (κ1) is 22.0. The van der Waals surface area contributed by atoms with Crippen molar-refractivity contribution in [2.75, 3.05) is 12.0 Å². The van der Waals surface area contributed by atoms with Gasteiger partial charge < -0.3 is 9.84 Å². The largest absolute Gasteiger partial charge is 0.507 e. The van der Waals surface area contributed by atoms with E-state index in [2.05, 4.69) is 0 Å². The Morgan fingerprint density at radius 3 is 2.15 bits per heavy atom. The fourth-order valence-electron chi connectivity index (χ4n) is 3.70. The molecule has 1 fully saturated rings. The van der Waals surface area contributed by atoms with Crippen LogP contribution in [0, 0.1) is 10.1 Å². The summed E-state index contributed by atoms with van der Waals surface area (Å²) in [6.07, 6.45) is 0. The topological polar surface area (TPSA) is 110 Å². The van der Waals surface area contributed by atoms with E-state index in [0.717, 1.165) is 0 Å². The molecule has 0 unspecified atom stereocenters. The summed E-state index contributed by atoms with van der Waals surface area (Å²) in [6.45, 7) is 0. The fraction of sp³-hybridized carbons (Fsp3) is 0.0833. The van der Waals surface area contributed by atoms with Crippen LogP contribution in [0.25, 0.3) is 5.76 Å². The van der Waals surface area contributed by atoms with Crippen LogP contribution in [0.1, 0.15) is 17.2 Å². The zero-order valence-electron chi connectivity index (χ0n) is 17.3. The third-order valence-corrected chi connectivity index (χ3v) is 5.58. The highest BCUT2D eigenvalue weighted by Crippen LogP contribution is 2.42. The zero-order chi connectivity index (χ0) is 23.7. The predicted octanol–water partition coefficient (Wildman–Crippen LogP) is 4.88. The van der Waals surface area contributed by atoms with E-state index in [-0.39, 0.29) is 17.0 Å². The number of amides is 1. The number of rotatable bonds is 5. The molecule has 166 valence electrons. The molecule has 0 bridgehead atoms. The van der Waals surface area contributed by atoms with E-state index in [9.17, 15) is 24.8 Å². The van der Waals surface area contributed by atoms with Gasteiger partial charge in [-0.15, -0.1) is 0 Å². The second-order valence-corrected chi connectivity index (χ2v) is 7.66. The van der Waals surface area contributed by atoms with Crippen LogP contribution in [0.3, 0.4) is 0 Å². The first-order valence-electron chi connectivity index (χ1n) is 9.77. The molecule has 8 nitrogen and oxygen atoms in total. The lowest BCUT2D eigenvalue weighted by atomic mass is 9.95. The maximum Gasteiger partial charge on any atom is 0.300 e. The molecule has 0 aromatic heterocycles. The number of aliphatic hydroxyl groups excluding tert-OH is 1. The van der Waals surface area contributed by atoms with Gasteiger partial charge in [0, 0.05) is 28.4 Å². The van der Waals surface area contributed by atoms with Crippen molar-refractivity contribution < 1.29 is 24.4 Å². The Hall–Kier alpha value is -4.17. The minimum Gasteiger partial charge on any atom is -0.507 e. The Morgan fingerprint density at radius 1 is 1.00 bits per heavy atom. The Bertz CT molecular complexity index is 1270. The van der Waals surface area contributed by atoms with Gasteiger partial charge in [0.05, 0.1) is 23.6 Å². The van der Waals surface area contributed by atoms with Crippen LogP contribution < -0.4 is 9.64 Å². The summed E-state index contributed by atoms with van der Waals surface area (Å²) in [5, 5.41) is 22.6. The number of non-ortho nitro benzene ring substituents is 1. The third kappa shape index (κ3) is 4.04. The van der Waals surface area contributed by atoms with Crippen LogP contribution in [0.15, 0.2) is 78.4 Å². The van der Waals surface area contributed by atoms with E-state index < -0.39 is 22.7 Å². The number of methoxy groups -OCH3 is 1. The summed E-state index contributed by atoms with van der Waals surface area (Å²) in [6, 6.07) is 17.2. The summed E-state index contributed by atoms with van der Waals surface area (Å²) in [7, 11) is 1.50. The van der Waals surface area contributed by atoms with Gasteiger partial charge in [-0.25, -0.2) is 0 Å². The van der Waals surface area contributed by atoms with Gasteiger partial charge in [-0.1, -0.05) is 11.6 Å². The van der Waals surface area contributed by atoms with E-state index in [1.54, 1.807) is 36.4 Å². The monoisotopic (exact) mass is 464 g/mol. The number of halogens is 1. The third-order valence-electron chi connectivity index (χ3n) is 5.33. The average molecular weight is 465 g/mol. The fourth-order valence-corrected chi connectivity index (χ4v) is 3.82. The number of nitro benzene ring substituents is 1. The molecule has 33 heavy (non-hydrogen) atoms. The van der Waals surface area contributed by atoms with Gasteiger partial charge in [-0.2, -0.15) is 0 Å². The van der Waals surface area contributed by atoms with Gasteiger partial charge in [0.25, 0.3) is 17.4 Å². The first-order chi connectivity index (χ1) is 15.8. The number of nitro groups is 1. The normalized spacial score (nSPS) is 17.3. The number of carbonyl (C=O) groups excluding carboxylic acids is 2. The molecule has 1 saturated heterocycles. The van der Waals surface area contributed by atoms with Crippen LogP contribution in [-0.4, -0.2) is 28.8 Å². The molecule has 3 aromatic carbocycles. The quantitative estimate of drug-likeness (QED) is 0.189. The first-order valence-corrected chi connectivity index (χ1v) is 10.1. The maximum absolute atomic E-state index is 13.1. The molecule has 0 aliphatic carbocycles. The summed E-state index contributed by atoms with van der Waals surface area (Å²) >= 11 is 5.93. The second-order valence-electron chi connectivity index (χ2n) is 7.22. The minimum absolute atomic E-state index is 0.132. The van der Waals surface area contributed by atoms with E-state index in [0.29, 0.717) is 27.6 Å². The van der Waals surface area contributed by atoms with Crippen molar-refractivity contribution in [3.63, 3.8) is 0 Å². The van der Waals surface area contributed by atoms with E-state index in [4.69, 9.17) is 16.3 Å². The Labute approximate surface area is 193 Å². The lowest BCUT2D eigenvalue weighted by Crippen LogP contribution is -2.29. The Balaban J connectivity index is 1.91. The van der Waals surface area contributed by atoms with E-state index in [1.807, 2.05) is 0 Å². The van der Waals surface area contributed by atoms with Crippen LogP contribution in [0.4, 0.5) is 11.4 Å². The van der Waals surface area contributed by atoms with Gasteiger partial charge in [-0.3, -0.25) is 24.6 Å². The maximum atomic E-state index is 13.1. The number of aliphatic hydroxyl groups is 1. The SMILES string of the molecule is COc1ccc(N2C(=O)C(=O)/C(=C(/O)c3ccc(Cl)cc3)[C@@H]2c2ccc([N+](=O)[O-])cc2)cc1. The molecule has 0 spiro atoms. The molecule has 1 aliphatic rings. The van der Waals surface area contributed by atoms with Crippen LogP contribution in [-0.2, 0) is 9.59 Å². The van der Waals surface area contributed by atoms with E-state index in [1.165, 1.54) is 48.4 Å². The highest BCUT2D eigenvalue weighted by molar-refractivity contribution is 6.51. The van der Waals surface area contributed by atoms with Crippen LogP contribution in [0.2, 0.25) is 5.02 Å². The molecule has 0 saturated carbocycles. The molecule has 1 atom stereocenters. The van der Waals surface area contributed by atoms with Gasteiger partial charge in [0.2, 0.25) is 0 Å². The molecule has 0 radical (unpaired) electrons. The number of Topliss-reactive ketones (excluding diaryl/α,β-unsaturated/α-hetero) is 1. The zero-order valence-corrected chi connectivity index (χ0v) is 18.0. The number of nitrogens with zero attached hydrogens (tertiary/aromatic N) is 2. The van der Waals surface area contributed by atoms with Crippen molar-refractivity contribution >= 4 is 40.4 Å². The number of ether oxygens (including phenoxy) is 1. The van der Waals surface area contributed by atoms with Crippen LogP contribution in [0.5, 0.6) is 5.75 Å². The summed E-state index contributed by atoms with van der Waals surface area (Å²) in [5.41, 5.74) is 0.853.